The first kappa shape index (κ1) is 18.1. The second kappa shape index (κ2) is 9.15. The lowest BCUT2D eigenvalue weighted by Crippen LogP contribution is -3.15. The fourth-order valence-electron chi connectivity index (χ4n) is 2.58. The van der Waals surface area contributed by atoms with Gasteiger partial charge in [0.1, 0.15) is 0 Å². The van der Waals surface area contributed by atoms with Crippen molar-refractivity contribution in [3.8, 4) is 0 Å². The van der Waals surface area contributed by atoms with Gasteiger partial charge in [-0.15, -0.1) is 0 Å². The number of nitrogens with zero attached hydrogens (tertiary/aromatic N) is 1. The number of amides is 2. The molecule has 0 saturated carbocycles. The van der Waals surface area contributed by atoms with E-state index in [1.54, 1.807) is 23.9 Å². The van der Waals surface area contributed by atoms with Crippen LogP contribution in [0.25, 0.3) is 0 Å². The molecule has 5 nitrogen and oxygen atoms in total. The van der Waals surface area contributed by atoms with E-state index < -0.39 is 0 Å². The zero-order valence-corrected chi connectivity index (χ0v) is 14.9. The molecule has 2 amide bonds. The average molecular weight is 357 g/mol. The van der Waals surface area contributed by atoms with E-state index in [9.17, 15) is 9.59 Å². The molecule has 0 aromatic heterocycles. The van der Waals surface area contributed by atoms with Gasteiger partial charge in [-0.05, 0) is 18.4 Å². The van der Waals surface area contributed by atoms with Gasteiger partial charge in [-0.3, -0.25) is 9.59 Å². The van der Waals surface area contributed by atoms with Gasteiger partial charge in [0.15, 0.2) is 6.54 Å². The van der Waals surface area contributed by atoms with Gasteiger partial charge in [-0.25, -0.2) is 0 Å². The molecule has 0 aliphatic carbocycles. The maximum absolute atomic E-state index is 12.1. The number of carbonyl (C=O) groups is 2. The summed E-state index contributed by atoms with van der Waals surface area (Å²) in [6.45, 7) is 3.46. The molecule has 0 radical (unpaired) electrons. The quantitative estimate of drug-likeness (QED) is 0.791. The van der Waals surface area contributed by atoms with Crippen molar-refractivity contribution in [3.05, 3.63) is 29.3 Å². The van der Waals surface area contributed by atoms with Crippen LogP contribution in [0.15, 0.2) is 24.3 Å². The van der Waals surface area contributed by atoms with Crippen LogP contribution in [0.5, 0.6) is 0 Å². The minimum atomic E-state index is -0.0461. The van der Waals surface area contributed by atoms with Crippen molar-refractivity contribution in [2.45, 2.75) is 6.42 Å². The molecule has 1 aliphatic rings. The van der Waals surface area contributed by atoms with Crippen LogP contribution in [0.1, 0.15) is 6.42 Å². The number of carbonyl (C=O) groups excluding carboxylic acids is 2. The van der Waals surface area contributed by atoms with Gasteiger partial charge in [-0.2, -0.15) is 11.8 Å². The summed E-state index contributed by atoms with van der Waals surface area (Å²) in [5.74, 6) is 1.04. The van der Waals surface area contributed by atoms with E-state index in [0.717, 1.165) is 31.9 Å². The molecule has 126 valence electrons. The summed E-state index contributed by atoms with van der Waals surface area (Å²) in [7, 11) is 0. The molecule has 1 aromatic rings. The number of hydrogen-bond acceptors (Lipinski definition) is 3. The molecule has 1 aromatic carbocycles. The van der Waals surface area contributed by atoms with Gasteiger partial charge < -0.3 is 15.1 Å². The molecular weight excluding hydrogens is 334 g/mol. The van der Waals surface area contributed by atoms with Crippen LogP contribution in [0.4, 0.5) is 5.69 Å². The average Bonchev–Trinajstić information content (AvgIpc) is 2.55. The van der Waals surface area contributed by atoms with Crippen molar-refractivity contribution >= 4 is 40.9 Å². The first-order valence-corrected chi connectivity index (χ1v) is 9.52. The standard InChI is InChI=1S/C16H22ClN3O2S/c1-23-11-6-16(22)20-9-7-19(8-10-20)12-15(21)18-14-5-3-2-4-13(14)17/h2-5H,6-12H2,1H3,(H,18,21)/p+1. The van der Waals surface area contributed by atoms with Crippen molar-refractivity contribution in [2.24, 2.45) is 0 Å². The van der Waals surface area contributed by atoms with Crippen molar-refractivity contribution in [3.63, 3.8) is 0 Å². The second-order valence-electron chi connectivity index (χ2n) is 5.58. The van der Waals surface area contributed by atoms with Gasteiger partial charge >= 0.3 is 0 Å². The number of benzene rings is 1. The smallest absolute Gasteiger partial charge is 0.279 e. The lowest BCUT2D eigenvalue weighted by Gasteiger charge is -2.32. The fourth-order valence-corrected chi connectivity index (χ4v) is 3.14. The number of nitrogens with one attached hydrogen (secondary N) is 2. The third-order valence-corrected chi connectivity index (χ3v) is 4.84. The molecule has 0 bridgehead atoms. The predicted molar refractivity (Wildman–Crippen MR) is 95.2 cm³/mol. The van der Waals surface area contributed by atoms with Crippen LogP contribution in [0.2, 0.25) is 5.02 Å². The summed E-state index contributed by atoms with van der Waals surface area (Å²) in [6, 6.07) is 7.21. The molecule has 23 heavy (non-hydrogen) atoms. The fraction of sp³-hybridized carbons (Fsp3) is 0.500. The summed E-state index contributed by atoms with van der Waals surface area (Å²) in [6.07, 6.45) is 2.61. The van der Waals surface area contributed by atoms with Crippen molar-refractivity contribution in [1.29, 1.82) is 0 Å². The molecule has 0 atom stereocenters. The lowest BCUT2D eigenvalue weighted by atomic mass is 10.2. The minimum Gasteiger partial charge on any atom is -0.331 e. The molecule has 0 spiro atoms. The SMILES string of the molecule is CSCCC(=O)N1CC[NH+](CC(=O)Nc2ccccc2Cl)CC1. The van der Waals surface area contributed by atoms with E-state index in [1.165, 1.54) is 4.90 Å². The van der Waals surface area contributed by atoms with Crippen LogP contribution < -0.4 is 10.2 Å². The Morgan fingerprint density at radius 1 is 1.30 bits per heavy atom. The van der Waals surface area contributed by atoms with E-state index in [4.69, 9.17) is 11.6 Å². The predicted octanol–water partition coefficient (Wildman–Crippen LogP) is 0.759. The van der Waals surface area contributed by atoms with Crippen LogP contribution in [-0.4, -0.2) is 61.4 Å². The number of piperazine rings is 1. The first-order chi connectivity index (χ1) is 11.1. The molecule has 1 heterocycles. The van der Waals surface area contributed by atoms with E-state index in [2.05, 4.69) is 5.32 Å². The van der Waals surface area contributed by atoms with Crippen LogP contribution in [0.3, 0.4) is 0 Å². The molecule has 1 aliphatic heterocycles. The zero-order valence-electron chi connectivity index (χ0n) is 13.3. The van der Waals surface area contributed by atoms with Crippen LogP contribution in [-0.2, 0) is 9.59 Å². The summed E-state index contributed by atoms with van der Waals surface area (Å²) in [4.78, 5) is 27.2. The molecule has 0 unspecified atom stereocenters. The molecule has 7 heteroatoms. The molecule has 1 fully saturated rings. The van der Waals surface area contributed by atoms with E-state index in [-0.39, 0.29) is 11.8 Å². The highest BCUT2D eigenvalue weighted by molar-refractivity contribution is 7.98. The van der Waals surface area contributed by atoms with Crippen molar-refractivity contribution in [2.75, 3.05) is 50.0 Å². The van der Waals surface area contributed by atoms with Gasteiger partial charge in [0.05, 0.1) is 36.9 Å². The number of quaternary nitrogens is 1. The maximum atomic E-state index is 12.1. The van der Waals surface area contributed by atoms with Crippen LogP contribution >= 0.6 is 23.4 Å². The number of para-hydroxylation sites is 1. The number of hydrogen-bond donors (Lipinski definition) is 2. The topological polar surface area (TPSA) is 53.9 Å². The Morgan fingerprint density at radius 2 is 2.00 bits per heavy atom. The summed E-state index contributed by atoms with van der Waals surface area (Å²) in [5.41, 5.74) is 0.643. The molecule has 2 N–H and O–H groups in total. The lowest BCUT2D eigenvalue weighted by molar-refractivity contribution is -0.895. The number of thioether (sulfide) groups is 1. The zero-order chi connectivity index (χ0) is 16.7. The Kier molecular flexibility index (Phi) is 7.20. The van der Waals surface area contributed by atoms with Gasteiger partial charge in [0.2, 0.25) is 5.91 Å². The molecule has 1 saturated heterocycles. The molecular formula is C16H23ClN3O2S+. The minimum absolute atomic E-state index is 0.0461. The number of rotatable bonds is 6. The van der Waals surface area contributed by atoms with Gasteiger partial charge in [-0.1, -0.05) is 23.7 Å². The highest BCUT2D eigenvalue weighted by atomic mass is 35.5. The van der Waals surface area contributed by atoms with E-state index in [1.807, 2.05) is 23.3 Å². The highest BCUT2D eigenvalue weighted by Crippen LogP contribution is 2.19. The normalized spacial score (nSPS) is 15.5. The van der Waals surface area contributed by atoms with E-state index in [0.29, 0.717) is 23.7 Å². The van der Waals surface area contributed by atoms with Crippen molar-refractivity contribution < 1.29 is 14.5 Å². The third-order valence-electron chi connectivity index (χ3n) is 3.90. The number of anilines is 1. The monoisotopic (exact) mass is 356 g/mol. The summed E-state index contributed by atoms with van der Waals surface area (Å²) < 4.78 is 0. The Morgan fingerprint density at radius 3 is 2.65 bits per heavy atom. The first-order valence-electron chi connectivity index (χ1n) is 7.75. The van der Waals surface area contributed by atoms with Gasteiger partial charge in [0, 0.05) is 12.2 Å². The van der Waals surface area contributed by atoms with Crippen LogP contribution in [0, 0.1) is 0 Å². The summed E-state index contributed by atoms with van der Waals surface area (Å²) >= 11 is 7.73. The largest absolute Gasteiger partial charge is 0.331 e. The van der Waals surface area contributed by atoms with Gasteiger partial charge in [0.25, 0.3) is 5.91 Å². The second-order valence-corrected chi connectivity index (χ2v) is 6.97. The summed E-state index contributed by atoms with van der Waals surface area (Å²) in [5, 5.41) is 3.39. The molecule has 2 rings (SSSR count). The third kappa shape index (κ3) is 5.71. The number of halogens is 1. The maximum Gasteiger partial charge on any atom is 0.279 e. The Hall–Kier alpha value is -1.24. The Balaban J connectivity index is 1.74. The van der Waals surface area contributed by atoms with Crippen molar-refractivity contribution in [1.82, 2.24) is 4.90 Å². The Bertz CT molecular complexity index is 548. The Labute approximate surface area is 146 Å². The van der Waals surface area contributed by atoms with E-state index >= 15 is 0 Å². The highest BCUT2D eigenvalue weighted by Gasteiger charge is 2.24.